The summed E-state index contributed by atoms with van der Waals surface area (Å²) in [5.74, 6) is 0.657. The minimum Gasteiger partial charge on any atom is -0.147 e. The summed E-state index contributed by atoms with van der Waals surface area (Å²) in [6.07, 6.45) is 8.36. The average Bonchev–Trinajstić information content (AvgIpc) is 2.72. The molecule has 0 N–H and O–H groups in total. The molecule has 0 nitrogen and oxygen atoms in total. The first-order valence-corrected chi connectivity index (χ1v) is 20.3. The molecule has 0 fully saturated rings. The normalized spacial score (nSPS) is 22.8. The molecule has 4 heteroatoms. The molecule has 2 aliphatic carbocycles. The van der Waals surface area contributed by atoms with Crippen molar-refractivity contribution in [1.82, 2.24) is 0 Å². The molecule has 1 unspecified atom stereocenters. The zero-order valence-electron chi connectivity index (χ0n) is 13.5. The zero-order chi connectivity index (χ0) is 13.7. The first kappa shape index (κ1) is 20.6. The molecular formula is C16H28Cl2SiZr. The summed E-state index contributed by atoms with van der Waals surface area (Å²) in [5.41, 5.74) is 4.66. The summed E-state index contributed by atoms with van der Waals surface area (Å²) < 4.78 is 8.89. The third-order valence-electron chi connectivity index (χ3n) is 4.95. The van der Waals surface area contributed by atoms with Crippen LogP contribution in [-0.4, -0.2) is 6.88 Å². The van der Waals surface area contributed by atoms with Gasteiger partial charge in [0.1, 0.15) is 0 Å². The van der Waals surface area contributed by atoms with Crippen molar-refractivity contribution in [2.24, 2.45) is 5.92 Å². The first-order valence-electron chi connectivity index (χ1n) is 6.98. The Balaban J connectivity index is 0.00000180. The monoisotopic (exact) mass is 408 g/mol. The van der Waals surface area contributed by atoms with Crippen molar-refractivity contribution in [2.45, 2.75) is 43.4 Å². The maximum absolute atomic E-state index is 2.88. The van der Waals surface area contributed by atoms with Gasteiger partial charge >= 0.3 is 115 Å². The summed E-state index contributed by atoms with van der Waals surface area (Å²) in [7, 11) is 0. The van der Waals surface area contributed by atoms with Gasteiger partial charge in [-0.15, -0.1) is 24.8 Å². The fourth-order valence-corrected chi connectivity index (χ4v) is 23.4. The van der Waals surface area contributed by atoms with Crippen LogP contribution in [0.3, 0.4) is 0 Å². The first-order chi connectivity index (χ1) is 8.13. The topological polar surface area (TPSA) is 0 Å². The second kappa shape index (κ2) is 6.41. The van der Waals surface area contributed by atoms with E-state index in [1.165, 1.54) is 12.0 Å². The Kier molecular flexibility index (Phi) is 6.61. The zero-order valence-corrected chi connectivity index (χ0v) is 19.0. The fourth-order valence-electron chi connectivity index (χ4n) is 4.21. The van der Waals surface area contributed by atoms with Crippen molar-refractivity contribution < 1.29 is 17.4 Å². The van der Waals surface area contributed by atoms with E-state index in [9.17, 15) is 0 Å². The van der Waals surface area contributed by atoms with Gasteiger partial charge < -0.3 is 0 Å². The molecule has 0 aromatic heterocycles. The summed E-state index contributed by atoms with van der Waals surface area (Å²) in [6, 6.07) is 0. The molecule has 0 radical (unpaired) electrons. The molecule has 2 rings (SSSR count). The van der Waals surface area contributed by atoms with Crippen molar-refractivity contribution in [2.75, 3.05) is 0 Å². The Labute approximate surface area is 139 Å². The van der Waals surface area contributed by atoms with Crippen LogP contribution in [0.25, 0.3) is 0 Å². The van der Waals surface area contributed by atoms with Crippen molar-refractivity contribution in [3.05, 3.63) is 41.5 Å². The van der Waals surface area contributed by atoms with Gasteiger partial charge in [0.25, 0.3) is 0 Å². The van der Waals surface area contributed by atoms with Gasteiger partial charge in [0, 0.05) is 0 Å². The fraction of sp³-hybridized carbons (Fsp3) is 0.500. The third-order valence-corrected chi connectivity index (χ3v) is 22.2. The molecule has 0 aromatic rings. The van der Waals surface area contributed by atoms with Crippen molar-refractivity contribution in [3.8, 4) is 0 Å². The number of hydrogen-bond acceptors (Lipinski definition) is 0. The van der Waals surface area contributed by atoms with E-state index in [-0.39, 0.29) is 24.8 Å². The van der Waals surface area contributed by atoms with Gasteiger partial charge in [0.2, 0.25) is 0 Å². The number of allylic oxidation sites excluding steroid dienone is 8. The molecule has 0 saturated carbocycles. The third kappa shape index (κ3) is 3.19. The summed E-state index contributed by atoms with van der Waals surface area (Å²) in [6.45, 7) is 11.7. The minimum absolute atomic E-state index is 0. The molecule has 2 aliphatic rings. The Morgan fingerprint density at radius 3 is 2.05 bits per heavy atom. The maximum Gasteiger partial charge on any atom is -0.147 e. The number of halogens is 2. The van der Waals surface area contributed by atoms with Crippen LogP contribution in [0.2, 0.25) is 9.26 Å². The predicted octanol–water partition coefficient (Wildman–Crippen LogP) is 5.27. The summed E-state index contributed by atoms with van der Waals surface area (Å²) in [4.78, 5) is 0. The van der Waals surface area contributed by atoms with Gasteiger partial charge in [0.15, 0.2) is 0 Å². The van der Waals surface area contributed by atoms with Crippen LogP contribution in [0.1, 0.15) is 34.1 Å². The van der Waals surface area contributed by atoms with Crippen LogP contribution in [0, 0.1) is 5.92 Å². The summed E-state index contributed by atoms with van der Waals surface area (Å²) in [5, 5.41) is 0. The smallest absolute Gasteiger partial charge is 0.147 e. The molecule has 0 saturated heterocycles. The van der Waals surface area contributed by atoms with Gasteiger partial charge in [-0.2, -0.15) is 0 Å². The Morgan fingerprint density at radius 1 is 1.15 bits per heavy atom. The minimum atomic E-state index is -2.88. The van der Waals surface area contributed by atoms with Crippen LogP contribution in [0.5, 0.6) is 0 Å². The van der Waals surface area contributed by atoms with Crippen molar-refractivity contribution in [1.29, 1.82) is 0 Å². The summed E-state index contributed by atoms with van der Waals surface area (Å²) >= 11 is -2.88. The molecule has 20 heavy (non-hydrogen) atoms. The van der Waals surface area contributed by atoms with E-state index in [1.807, 2.05) is 3.28 Å². The SMILES string of the molecule is CC1=CC(C)[C]([Zr]([CH3])([CH3])(=[SiH2])[C]2=C(C)C=CC2)=C1C.Cl.Cl. The van der Waals surface area contributed by atoms with Crippen LogP contribution in [-0.2, 0) is 17.4 Å². The Bertz CT molecular complexity index is 600. The van der Waals surface area contributed by atoms with Crippen LogP contribution in [0.4, 0.5) is 0 Å². The van der Waals surface area contributed by atoms with Gasteiger partial charge in [-0.05, 0) is 0 Å². The molecular weight excluding hydrogens is 382 g/mol. The van der Waals surface area contributed by atoms with E-state index in [1.54, 1.807) is 14.4 Å². The standard InChI is InChI=1S/C8H11.C6H7.2CH3.2ClH.H2Si.Zr/c1-6-4-7(2)8(3)5-6;1-6-4-2-3-5-6;;;;;;/h4,6H,1-3H3;2,4H,3H2,1H3;2*1H3;2*1H;1H2;. The van der Waals surface area contributed by atoms with Crippen molar-refractivity contribution in [3.63, 3.8) is 0 Å². The van der Waals surface area contributed by atoms with Gasteiger partial charge in [-0.3, -0.25) is 0 Å². The second-order valence-corrected chi connectivity index (χ2v) is 35.7. The molecule has 0 heterocycles. The average molecular weight is 411 g/mol. The van der Waals surface area contributed by atoms with E-state index in [4.69, 9.17) is 0 Å². The van der Waals surface area contributed by atoms with E-state index in [0.29, 0.717) is 5.92 Å². The molecule has 0 spiro atoms. The maximum atomic E-state index is 2.63. The van der Waals surface area contributed by atoms with Crippen LogP contribution >= 0.6 is 24.8 Å². The quantitative estimate of drug-likeness (QED) is 0.544. The Hall–Kier alpha value is 0.640. The molecule has 0 amide bonds. The van der Waals surface area contributed by atoms with Crippen LogP contribution in [0.15, 0.2) is 41.5 Å². The van der Waals surface area contributed by atoms with Crippen LogP contribution < -0.4 is 0 Å². The predicted molar refractivity (Wildman–Crippen MR) is 96.8 cm³/mol. The second-order valence-electron chi connectivity index (χ2n) is 7.13. The van der Waals surface area contributed by atoms with E-state index in [2.05, 4.69) is 62.1 Å². The van der Waals surface area contributed by atoms with Gasteiger partial charge in [0.05, 0.1) is 0 Å². The van der Waals surface area contributed by atoms with E-state index >= 15 is 0 Å². The van der Waals surface area contributed by atoms with Gasteiger partial charge in [-0.25, -0.2) is 0 Å². The molecule has 114 valence electrons. The Morgan fingerprint density at radius 2 is 1.70 bits per heavy atom. The van der Waals surface area contributed by atoms with E-state index in [0.717, 1.165) is 0 Å². The van der Waals surface area contributed by atoms with E-state index < -0.39 is 17.4 Å². The molecule has 0 bridgehead atoms. The largest absolute Gasteiger partial charge is 0.147 e. The van der Waals surface area contributed by atoms with Gasteiger partial charge in [-0.1, -0.05) is 0 Å². The number of hydrogen-bond donors (Lipinski definition) is 0. The van der Waals surface area contributed by atoms with Crippen molar-refractivity contribution >= 4 is 31.7 Å². The number of rotatable bonds is 2. The molecule has 1 atom stereocenters. The molecule has 0 aliphatic heterocycles. The molecule has 0 aromatic carbocycles.